The van der Waals surface area contributed by atoms with Crippen LogP contribution in [-0.2, 0) is 19.1 Å². The van der Waals surface area contributed by atoms with Gasteiger partial charge in [-0.3, -0.25) is 9.59 Å². The minimum Gasteiger partial charge on any atom is -0.465 e. The highest BCUT2D eigenvalue weighted by Crippen LogP contribution is 2.58. The molecule has 0 N–H and O–H groups in total. The predicted octanol–water partition coefficient (Wildman–Crippen LogP) is 12.2. The minimum atomic E-state index is -0.484. The summed E-state index contributed by atoms with van der Waals surface area (Å²) >= 11 is 0. The summed E-state index contributed by atoms with van der Waals surface area (Å²) in [5.41, 5.74) is -0.614. The van der Waals surface area contributed by atoms with Crippen LogP contribution >= 0.6 is 0 Å². The van der Waals surface area contributed by atoms with Crippen LogP contribution in [0.1, 0.15) is 203 Å². The van der Waals surface area contributed by atoms with E-state index in [0.29, 0.717) is 23.9 Å². The molecule has 0 spiro atoms. The van der Waals surface area contributed by atoms with Crippen LogP contribution in [-0.4, -0.2) is 24.6 Å². The molecule has 0 aromatic heterocycles. The number of carbonyl (C=O) groups is 2. The van der Waals surface area contributed by atoms with Gasteiger partial charge in [-0.05, 0) is 77.0 Å². The van der Waals surface area contributed by atoms with Gasteiger partial charge in [0.2, 0.25) is 0 Å². The number of esters is 2. The van der Waals surface area contributed by atoms with Crippen molar-refractivity contribution in [3.63, 3.8) is 0 Å². The number of unbranched alkanes of at least 4 members (excludes halogenated alkanes) is 16. The fourth-order valence-electron chi connectivity index (χ4n) is 7.98. The molecule has 2 rings (SSSR count). The Kier molecular flexibility index (Phi) is 18.0. The Balaban J connectivity index is 1.48. The third-order valence-corrected chi connectivity index (χ3v) is 11.9. The van der Waals surface area contributed by atoms with Crippen molar-refractivity contribution in [3.8, 4) is 0 Å². The maximum absolute atomic E-state index is 13.1. The SMILES string of the molecule is CCCCCCCCCCCCCCCCCCOC(=O)C(C)(CC)CCCCC(C)(C)C(=O)OC1CC2CCC1C2(C)C. The Hall–Kier alpha value is -1.06. The van der Waals surface area contributed by atoms with E-state index in [4.69, 9.17) is 9.47 Å². The van der Waals surface area contributed by atoms with Gasteiger partial charge in [-0.2, -0.15) is 0 Å². The van der Waals surface area contributed by atoms with Gasteiger partial charge >= 0.3 is 11.9 Å². The largest absolute Gasteiger partial charge is 0.465 e. The summed E-state index contributed by atoms with van der Waals surface area (Å²) in [5, 5.41) is 0. The van der Waals surface area contributed by atoms with Crippen LogP contribution in [0, 0.1) is 28.1 Å². The highest BCUT2D eigenvalue weighted by Gasteiger charge is 2.55. The van der Waals surface area contributed by atoms with E-state index in [1.54, 1.807) is 0 Å². The van der Waals surface area contributed by atoms with Crippen LogP contribution in [0.2, 0.25) is 0 Å². The second-order valence-electron chi connectivity index (χ2n) is 16.3. The van der Waals surface area contributed by atoms with E-state index in [1.165, 1.54) is 103 Å². The number of hydrogen-bond acceptors (Lipinski definition) is 4. The first-order valence-corrected chi connectivity index (χ1v) is 19.4. The summed E-state index contributed by atoms with van der Waals surface area (Å²) in [5.74, 6) is 1.13. The summed E-state index contributed by atoms with van der Waals surface area (Å²) in [6.07, 6.45) is 29.4. The number of hydrogen-bond donors (Lipinski definition) is 0. The topological polar surface area (TPSA) is 52.6 Å². The van der Waals surface area contributed by atoms with Gasteiger partial charge in [-0.25, -0.2) is 0 Å². The van der Waals surface area contributed by atoms with Gasteiger partial charge < -0.3 is 9.47 Å². The maximum atomic E-state index is 13.1. The van der Waals surface area contributed by atoms with E-state index >= 15 is 0 Å². The van der Waals surface area contributed by atoms with Crippen LogP contribution in [0.15, 0.2) is 0 Å². The van der Waals surface area contributed by atoms with Gasteiger partial charge in [0.1, 0.15) is 6.10 Å². The van der Waals surface area contributed by atoms with Crippen LogP contribution in [0.25, 0.3) is 0 Å². The molecule has 0 saturated heterocycles. The molecule has 2 aliphatic rings. The first kappa shape index (κ1) is 39.1. The van der Waals surface area contributed by atoms with Crippen LogP contribution in [0.4, 0.5) is 0 Å². The first-order chi connectivity index (χ1) is 21.0. The fourth-order valence-corrected chi connectivity index (χ4v) is 7.98. The van der Waals surface area contributed by atoms with Gasteiger partial charge in [-0.1, -0.05) is 137 Å². The molecule has 0 radical (unpaired) electrons. The molecule has 0 aromatic carbocycles. The Morgan fingerprint density at radius 2 is 1.16 bits per heavy atom. The lowest BCUT2D eigenvalue weighted by Crippen LogP contribution is -2.34. The van der Waals surface area contributed by atoms with E-state index in [9.17, 15) is 9.59 Å². The summed E-state index contributed by atoms with van der Waals surface area (Å²) in [7, 11) is 0. The zero-order valence-electron chi connectivity index (χ0n) is 30.5. The molecular weight excluding hydrogens is 544 g/mol. The van der Waals surface area contributed by atoms with Gasteiger partial charge in [-0.15, -0.1) is 0 Å². The lowest BCUT2D eigenvalue weighted by Gasteiger charge is -2.30. The molecule has 44 heavy (non-hydrogen) atoms. The van der Waals surface area contributed by atoms with Gasteiger partial charge in [0.05, 0.1) is 17.4 Å². The maximum Gasteiger partial charge on any atom is 0.311 e. The molecule has 2 saturated carbocycles. The predicted molar refractivity (Wildman–Crippen MR) is 186 cm³/mol. The zero-order chi connectivity index (χ0) is 32.5. The smallest absolute Gasteiger partial charge is 0.311 e. The van der Waals surface area contributed by atoms with Crippen molar-refractivity contribution >= 4 is 11.9 Å². The normalized spacial score (nSPS) is 22.2. The summed E-state index contributed by atoms with van der Waals surface area (Å²) in [6.45, 7) is 15.7. The summed E-state index contributed by atoms with van der Waals surface area (Å²) in [4.78, 5) is 26.1. The van der Waals surface area contributed by atoms with Crippen LogP contribution in [0.3, 0.4) is 0 Å². The second kappa shape index (κ2) is 20.2. The Labute approximate surface area is 274 Å². The molecule has 2 bridgehead atoms. The minimum absolute atomic E-state index is 0.0395. The third-order valence-electron chi connectivity index (χ3n) is 11.9. The number of rotatable bonds is 26. The van der Waals surface area contributed by atoms with Crippen molar-refractivity contribution in [2.75, 3.05) is 6.61 Å². The van der Waals surface area contributed by atoms with Crippen LogP contribution in [0.5, 0.6) is 0 Å². The molecule has 2 aliphatic carbocycles. The molecule has 2 fully saturated rings. The van der Waals surface area contributed by atoms with Crippen molar-refractivity contribution < 1.29 is 19.1 Å². The molecule has 0 amide bonds. The standard InChI is InChI=1S/C40H74O4/c1-8-10-11-12-13-14-15-16-17-18-19-20-21-22-23-26-31-43-37(42)40(7,9-2)30-25-24-29-38(3,4)36(41)44-35-32-33-27-28-34(35)39(33,5)6/h33-35H,8-32H2,1-7H3. The van der Waals surface area contributed by atoms with Gasteiger partial charge in [0, 0.05) is 5.92 Å². The van der Waals surface area contributed by atoms with E-state index in [-0.39, 0.29) is 18.0 Å². The quantitative estimate of drug-likeness (QED) is 0.0715. The lowest BCUT2D eigenvalue weighted by atomic mass is 9.80. The van der Waals surface area contributed by atoms with Crippen molar-refractivity contribution in [2.45, 2.75) is 209 Å². The molecule has 0 aromatic rings. The Morgan fingerprint density at radius 3 is 1.61 bits per heavy atom. The molecule has 0 aliphatic heterocycles. The van der Waals surface area contributed by atoms with Crippen molar-refractivity contribution in [1.29, 1.82) is 0 Å². The molecule has 4 heteroatoms. The molecule has 0 heterocycles. The van der Waals surface area contributed by atoms with E-state index < -0.39 is 10.8 Å². The van der Waals surface area contributed by atoms with Crippen LogP contribution < -0.4 is 0 Å². The number of carbonyl (C=O) groups excluding carboxylic acids is 2. The number of ether oxygens (including phenoxy) is 2. The van der Waals surface area contributed by atoms with Gasteiger partial charge in [0.15, 0.2) is 0 Å². The summed E-state index contributed by atoms with van der Waals surface area (Å²) < 4.78 is 11.9. The second-order valence-corrected chi connectivity index (χ2v) is 16.3. The van der Waals surface area contributed by atoms with Crippen molar-refractivity contribution in [3.05, 3.63) is 0 Å². The first-order valence-electron chi connectivity index (χ1n) is 19.4. The fraction of sp³-hybridized carbons (Fsp3) is 0.950. The lowest BCUT2D eigenvalue weighted by molar-refractivity contribution is -0.163. The van der Waals surface area contributed by atoms with Crippen molar-refractivity contribution in [1.82, 2.24) is 0 Å². The Bertz CT molecular complexity index is 801. The highest BCUT2D eigenvalue weighted by atomic mass is 16.5. The monoisotopic (exact) mass is 619 g/mol. The molecule has 4 atom stereocenters. The summed E-state index contributed by atoms with van der Waals surface area (Å²) in [6, 6.07) is 0. The molecular formula is C40H74O4. The molecule has 258 valence electrons. The van der Waals surface area contributed by atoms with Crippen molar-refractivity contribution in [2.24, 2.45) is 28.1 Å². The average molecular weight is 619 g/mol. The Morgan fingerprint density at radius 1 is 0.659 bits per heavy atom. The third kappa shape index (κ3) is 13.0. The average Bonchev–Trinajstić information content (AvgIpc) is 3.41. The van der Waals surface area contributed by atoms with E-state index in [2.05, 4.69) is 34.6 Å². The van der Waals surface area contributed by atoms with E-state index in [1.807, 2.05) is 13.8 Å². The highest BCUT2D eigenvalue weighted by molar-refractivity contribution is 5.76. The molecule has 4 unspecified atom stereocenters. The van der Waals surface area contributed by atoms with E-state index in [0.717, 1.165) is 51.4 Å². The van der Waals surface area contributed by atoms with Gasteiger partial charge in [0.25, 0.3) is 0 Å². The molecule has 4 nitrogen and oxygen atoms in total. The number of fused-ring (bicyclic) bond motifs is 2. The zero-order valence-corrected chi connectivity index (χ0v) is 30.5.